The van der Waals surface area contributed by atoms with Crippen LogP contribution < -0.4 is 4.74 Å². The molecule has 2 aromatic rings. The molecule has 0 saturated heterocycles. The predicted molar refractivity (Wildman–Crippen MR) is 183 cm³/mol. The SMILES string of the molecule is CC(=O)OC(CO)COc1c(C(C)(C)C)ccc(SC(C)(C)Sc2cc(C(C)(C)C)c(O)c(C(C)(C)C)c2)c1C(C)(C)C. The van der Waals surface area contributed by atoms with Crippen LogP contribution in [0.2, 0.25) is 0 Å². The third kappa shape index (κ3) is 10.1. The van der Waals surface area contributed by atoms with Gasteiger partial charge in [0.2, 0.25) is 0 Å². The van der Waals surface area contributed by atoms with Crippen molar-refractivity contribution in [2.24, 2.45) is 0 Å². The minimum Gasteiger partial charge on any atom is -0.507 e. The fraction of sp³-hybridized carbons (Fsp3) is 0.639. The number of phenolic OH excluding ortho intramolecular Hbond substituents is 1. The summed E-state index contributed by atoms with van der Waals surface area (Å²) in [5.74, 6) is 0.724. The molecule has 0 aliphatic heterocycles. The van der Waals surface area contributed by atoms with E-state index in [1.807, 2.05) is 0 Å². The van der Waals surface area contributed by atoms with Crippen LogP contribution in [0, 0.1) is 0 Å². The Labute approximate surface area is 269 Å². The minimum absolute atomic E-state index is 0.0627. The van der Waals surface area contributed by atoms with Crippen LogP contribution in [-0.2, 0) is 31.2 Å². The molecular weight excluding hydrogens is 577 g/mol. The quantitative estimate of drug-likeness (QED) is 0.162. The Morgan fingerprint density at radius 3 is 1.65 bits per heavy atom. The molecule has 1 atom stereocenters. The van der Waals surface area contributed by atoms with E-state index in [1.165, 1.54) is 6.92 Å². The number of esters is 1. The summed E-state index contributed by atoms with van der Waals surface area (Å²) < 4.78 is 11.5. The van der Waals surface area contributed by atoms with Gasteiger partial charge < -0.3 is 19.7 Å². The van der Waals surface area contributed by atoms with Gasteiger partial charge in [-0.05, 0) is 59.3 Å². The molecule has 1 unspecified atom stereocenters. The molecule has 7 heteroatoms. The van der Waals surface area contributed by atoms with Gasteiger partial charge in [0.05, 0.1) is 10.7 Å². The van der Waals surface area contributed by atoms with E-state index in [2.05, 4.69) is 121 Å². The number of rotatable bonds is 9. The summed E-state index contributed by atoms with van der Waals surface area (Å²) in [5.41, 5.74) is 3.20. The molecule has 242 valence electrons. The first-order valence-corrected chi connectivity index (χ1v) is 16.8. The molecule has 2 rings (SSSR count). The van der Waals surface area contributed by atoms with Crippen LogP contribution in [0.4, 0.5) is 0 Å². The van der Waals surface area contributed by atoms with Gasteiger partial charge in [-0.3, -0.25) is 4.79 Å². The smallest absolute Gasteiger partial charge is 0.303 e. The Morgan fingerprint density at radius 2 is 1.26 bits per heavy atom. The summed E-state index contributed by atoms with van der Waals surface area (Å²) in [6, 6.07) is 8.63. The fourth-order valence-electron chi connectivity index (χ4n) is 5.02. The lowest BCUT2D eigenvalue weighted by atomic mass is 9.79. The fourth-order valence-corrected chi connectivity index (χ4v) is 7.83. The van der Waals surface area contributed by atoms with Gasteiger partial charge in [0.1, 0.15) is 18.1 Å². The lowest BCUT2D eigenvalue weighted by Crippen LogP contribution is -2.29. The van der Waals surface area contributed by atoms with Gasteiger partial charge in [-0.25, -0.2) is 0 Å². The first kappa shape index (κ1) is 37.4. The number of hydrogen-bond acceptors (Lipinski definition) is 7. The van der Waals surface area contributed by atoms with E-state index in [9.17, 15) is 15.0 Å². The summed E-state index contributed by atoms with van der Waals surface area (Å²) in [7, 11) is 0. The number of aliphatic hydroxyl groups excluding tert-OH is 1. The van der Waals surface area contributed by atoms with E-state index >= 15 is 0 Å². The minimum atomic E-state index is -0.745. The van der Waals surface area contributed by atoms with Gasteiger partial charge in [-0.1, -0.05) is 89.2 Å². The van der Waals surface area contributed by atoms with Crippen LogP contribution in [0.5, 0.6) is 11.5 Å². The van der Waals surface area contributed by atoms with Gasteiger partial charge in [0.15, 0.2) is 6.10 Å². The van der Waals surface area contributed by atoms with Crippen LogP contribution >= 0.6 is 23.5 Å². The zero-order chi connectivity index (χ0) is 33.3. The van der Waals surface area contributed by atoms with Gasteiger partial charge in [0.25, 0.3) is 0 Å². The molecule has 43 heavy (non-hydrogen) atoms. The predicted octanol–water partition coefficient (Wildman–Crippen LogP) is 9.51. The molecule has 0 amide bonds. The second kappa shape index (κ2) is 13.3. The average Bonchev–Trinajstić information content (AvgIpc) is 2.78. The topological polar surface area (TPSA) is 76.0 Å². The molecule has 0 heterocycles. The van der Waals surface area contributed by atoms with Gasteiger partial charge in [-0.15, -0.1) is 23.5 Å². The number of thioether (sulfide) groups is 2. The molecule has 0 aromatic heterocycles. The van der Waals surface area contributed by atoms with E-state index in [0.717, 1.165) is 37.8 Å². The highest BCUT2D eigenvalue weighted by molar-refractivity contribution is 8.18. The van der Waals surface area contributed by atoms with E-state index in [0.29, 0.717) is 5.75 Å². The van der Waals surface area contributed by atoms with Crippen molar-refractivity contribution in [3.63, 3.8) is 0 Å². The number of carbonyl (C=O) groups excluding carboxylic acids is 1. The van der Waals surface area contributed by atoms with Crippen LogP contribution in [0.25, 0.3) is 0 Å². The summed E-state index contributed by atoms with van der Waals surface area (Å²) in [4.78, 5) is 13.8. The van der Waals surface area contributed by atoms with Crippen LogP contribution in [-0.4, -0.2) is 39.6 Å². The standard InChI is InChI=1S/C36H56O5S2/c1-22(38)41-23(20-37)21-40-31-25(32(2,3)4)16-17-28(29(31)35(11,12)13)43-36(14,15)42-24-18-26(33(5,6)7)30(39)27(19-24)34(8,9)10/h16-19,23,37,39H,20-21H2,1-15H3. The highest BCUT2D eigenvalue weighted by Crippen LogP contribution is 2.52. The number of phenols is 1. The maximum atomic E-state index is 11.6. The first-order chi connectivity index (χ1) is 19.3. The van der Waals surface area contributed by atoms with Crippen LogP contribution in [0.3, 0.4) is 0 Å². The maximum absolute atomic E-state index is 11.6. The number of ether oxygens (including phenoxy) is 2. The largest absolute Gasteiger partial charge is 0.507 e. The molecule has 2 N–H and O–H groups in total. The van der Waals surface area contributed by atoms with Crippen molar-refractivity contribution in [3.8, 4) is 11.5 Å². The Bertz CT molecular complexity index is 1250. The van der Waals surface area contributed by atoms with Crippen molar-refractivity contribution < 1.29 is 24.5 Å². The molecule has 5 nitrogen and oxygen atoms in total. The lowest BCUT2D eigenvalue weighted by molar-refractivity contribution is -0.150. The highest BCUT2D eigenvalue weighted by Gasteiger charge is 2.34. The maximum Gasteiger partial charge on any atom is 0.303 e. The lowest BCUT2D eigenvalue weighted by Gasteiger charge is -2.34. The Kier molecular flexibility index (Phi) is 11.5. The molecule has 0 aliphatic carbocycles. The molecule has 0 radical (unpaired) electrons. The van der Waals surface area contributed by atoms with E-state index in [4.69, 9.17) is 9.47 Å². The molecule has 0 aliphatic rings. The zero-order valence-electron chi connectivity index (χ0n) is 29.2. The molecule has 0 fully saturated rings. The summed E-state index contributed by atoms with van der Waals surface area (Å²) in [6.07, 6.45) is -0.745. The van der Waals surface area contributed by atoms with Crippen LogP contribution in [0.1, 0.15) is 126 Å². The number of hydrogen-bond donors (Lipinski definition) is 2. The van der Waals surface area contributed by atoms with Gasteiger partial charge in [-0.2, -0.15) is 0 Å². The van der Waals surface area contributed by atoms with Crippen molar-refractivity contribution >= 4 is 29.5 Å². The first-order valence-electron chi connectivity index (χ1n) is 15.1. The number of carbonyl (C=O) groups is 1. The number of aliphatic hydroxyl groups is 1. The highest BCUT2D eigenvalue weighted by atomic mass is 32.2. The van der Waals surface area contributed by atoms with Crippen molar-refractivity contribution in [2.75, 3.05) is 13.2 Å². The second-order valence-corrected chi connectivity index (χ2v) is 19.6. The van der Waals surface area contributed by atoms with E-state index < -0.39 is 12.1 Å². The summed E-state index contributed by atoms with van der Waals surface area (Å²) >= 11 is 3.59. The molecule has 0 saturated carbocycles. The van der Waals surface area contributed by atoms with Crippen molar-refractivity contribution in [2.45, 2.75) is 145 Å². The number of benzene rings is 2. The van der Waals surface area contributed by atoms with Gasteiger partial charge >= 0.3 is 5.97 Å². The molecule has 0 spiro atoms. The third-order valence-corrected chi connectivity index (χ3v) is 9.56. The van der Waals surface area contributed by atoms with Crippen LogP contribution in [0.15, 0.2) is 34.1 Å². The van der Waals surface area contributed by atoms with E-state index in [-0.39, 0.29) is 39.0 Å². The number of aromatic hydroxyl groups is 1. The third-order valence-electron chi connectivity index (χ3n) is 7.05. The van der Waals surface area contributed by atoms with Crippen molar-refractivity contribution in [1.82, 2.24) is 0 Å². The summed E-state index contributed by atoms with van der Waals surface area (Å²) in [5, 5.41) is 21.1. The monoisotopic (exact) mass is 632 g/mol. The Morgan fingerprint density at radius 1 is 0.767 bits per heavy atom. The van der Waals surface area contributed by atoms with Crippen molar-refractivity contribution in [1.29, 1.82) is 0 Å². The van der Waals surface area contributed by atoms with Gasteiger partial charge in [0, 0.05) is 33.4 Å². The van der Waals surface area contributed by atoms with Crippen molar-refractivity contribution in [3.05, 3.63) is 46.5 Å². The molecule has 0 bridgehead atoms. The Balaban J connectivity index is 2.65. The molecular formula is C36H56O5S2. The summed E-state index contributed by atoms with van der Waals surface area (Å²) in [6.45, 7) is 31.4. The van der Waals surface area contributed by atoms with E-state index in [1.54, 1.807) is 23.5 Å². The normalized spacial score (nSPS) is 14.0. The second-order valence-electron chi connectivity index (χ2n) is 16.0. The molecule has 2 aromatic carbocycles. The zero-order valence-corrected chi connectivity index (χ0v) is 30.9. The Hall–Kier alpha value is -1.83. The average molecular weight is 633 g/mol.